The molecule has 1 amide bonds. The molecule has 0 saturated carbocycles. The molecule has 6 nitrogen and oxygen atoms in total. The zero-order chi connectivity index (χ0) is 22.5. The summed E-state index contributed by atoms with van der Waals surface area (Å²) in [6, 6.07) is 8.94. The van der Waals surface area contributed by atoms with E-state index >= 15 is 0 Å². The Balaban J connectivity index is 1.70. The Morgan fingerprint density at radius 1 is 1.06 bits per heavy atom. The maximum Gasteiger partial charge on any atom is 0.235 e. The number of aromatic nitrogens is 3. The lowest BCUT2D eigenvalue weighted by Gasteiger charge is -2.18. The van der Waals surface area contributed by atoms with Crippen molar-refractivity contribution >= 4 is 23.4 Å². The summed E-state index contributed by atoms with van der Waals surface area (Å²) in [6.45, 7) is 5.64. The SMILES string of the molecule is CC(Oc1ccc(F)cc1)c1nnc(SCC(=O)Nc2c(F)cccc2F)n1C(C)C. The molecule has 0 saturated heterocycles. The Morgan fingerprint density at radius 3 is 2.32 bits per heavy atom. The first kappa shape index (κ1) is 22.7. The number of rotatable bonds is 8. The minimum Gasteiger partial charge on any atom is -0.483 e. The molecule has 3 aromatic rings. The number of benzene rings is 2. The molecule has 0 aliphatic heterocycles. The van der Waals surface area contributed by atoms with Crippen LogP contribution in [0.5, 0.6) is 5.75 Å². The second kappa shape index (κ2) is 9.86. The number of nitrogens with one attached hydrogen (secondary N) is 1. The van der Waals surface area contributed by atoms with Crippen molar-refractivity contribution < 1.29 is 22.7 Å². The average Bonchev–Trinajstić information content (AvgIpc) is 3.15. The van der Waals surface area contributed by atoms with Gasteiger partial charge >= 0.3 is 0 Å². The van der Waals surface area contributed by atoms with Crippen LogP contribution in [-0.4, -0.2) is 26.4 Å². The van der Waals surface area contributed by atoms with E-state index in [0.717, 1.165) is 23.9 Å². The van der Waals surface area contributed by atoms with Gasteiger partial charge in [-0.25, -0.2) is 13.2 Å². The van der Waals surface area contributed by atoms with Gasteiger partial charge in [-0.05, 0) is 57.2 Å². The van der Waals surface area contributed by atoms with Gasteiger partial charge in [0.05, 0.1) is 5.75 Å². The highest BCUT2D eigenvalue weighted by Crippen LogP contribution is 2.28. The summed E-state index contributed by atoms with van der Waals surface area (Å²) >= 11 is 1.09. The van der Waals surface area contributed by atoms with Crippen LogP contribution >= 0.6 is 11.8 Å². The summed E-state index contributed by atoms with van der Waals surface area (Å²) in [4.78, 5) is 12.2. The van der Waals surface area contributed by atoms with Gasteiger partial charge in [0.25, 0.3) is 0 Å². The second-order valence-corrected chi connectivity index (χ2v) is 7.89. The van der Waals surface area contributed by atoms with E-state index in [-0.39, 0.29) is 17.6 Å². The van der Waals surface area contributed by atoms with E-state index in [1.807, 2.05) is 18.4 Å². The Hall–Kier alpha value is -3.01. The smallest absolute Gasteiger partial charge is 0.235 e. The lowest BCUT2D eigenvalue weighted by Crippen LogP contribution is -2.17. The first-order chi connectivity index (χ1) is 14.8. The number of halogens is 3. The zero-order valence-electron chi connectivity index (χ0n) is 17.1. The lowest BCUT2D eigenvalue weighted by atomic mass is 10.3. The summed E-state index contributed by atoms with van der Waals surface area (Å²) in [5.41, 5.74) is -0.486. The largest absolute Gasteiger partial charge is 0.483 e. The van der Waals surface area contributed by atoms with Gasteiger partial charge in [0.15, 0.2) is 17.1 Å². The molecule has 1 N–H and O–H groups in total. The van der Waals surface area contributed by atoms with Gasteiger partial charge in [-0.2, -0.15) is 0 Å². The third-order valence-corrected chi connectivity index (χ3v) is 5.20. The molecule has 3 rings (SSSR count). The van der Waals surface area contributed by atoms with Crippen LogP contribution in [0.4, 0.5) is 18.9 Å². The minimum atomic E-state index is -0.849. The minimum absolute atomic E-state index is 0.0427. The maximum atomic E-state index is 13.7. The number of thioether (sulfide) groups is 1. The summed E-state index contributed by atoms with van der Waals surface area (Å²) in [5.74, 6) is -1.75. The second-order valence-electron chi connectivity index (χ2n) is 6.95. The normalized spacial score (nSPS) is 12.1. The molecule has 1 atom stereocenters. The van der Waals surface area contributed by atoms with E-state index in [1.54, 1.807) is 6.92 Å². The van der Waals surface area contributed by atoms with Crippen LogP contribution < -0.4 is 10.1 Å². The number of carbonyl (C=O) groups excluding carboxylic acids is 1. The third-order valence-electron chi connectivity index (χ3n) is 4.26. The third kappa shape index (κ3) is 5.57. The van der Waals surface area contributed by atoms with Crippen molar-refractivity contribution in [1.29, 1.82) is 0 Å². The molecule has 1 unspecified atom stereocenters. The highest BCUT2D eigenvalue weighted by atomic mass is 32.2. The van der Waals surface area contributed by atoms with E-state index in [9.17, 15) is 18.0 Å². The van der Waals surface area contributed by atoms with Crippen LogP contribution in [0.3, 0.4) is 0 Å². The van der Waals surface area contributed by atoms with Crippen molar-refractivity contribution in [2.45, 2.75) is 38.1 Å². The van der Waals surface area contributed by atoms with Crippen LogP contribution in [0.2, 0.25) is 0 Å². The fourth-order valence-electron chi connectivity index (χ4n) is 2.84. The van der Waals surface area contributed by atoms with Crippen molar-refractivity contribution in [3.63, 3.8) is 0 Å². The van der Waals surface area contributed by atoms with Gasteiger partial charge in [0.1, 0.15) is 28.9 Å². The first-order valence-corrected chi connectivity index (χ1v) is 10.5. The fourth-order valence-corrected chi connectivity index (χ4v) is 3.72. The van der Waals surface area contributed by atoms with Crippen LogP contribution in [0.15, 0.2) is 47.6 Å². The quantitative estimate of drug-likeness (QED) is 0.481. The van der Waals surface area contributed by atoms with E-state index in [4.69, 9.17) is 4.74 Å². The summed E-state index contributed by atoms with van der Waals surface area (Å²) in [6.07, 6.45) is -0.490. The molecule has 0 bridgehead atoms. The van der Waals surface area contributed by atoms with Crippen molar-refractivity contribution in [3.05, 3.63) is 65.7 Å². The van der Waals surface area contributed by atoms with Crippen LogP contribution in [0, 0.1) is 17.5 Å². The number of carbonyl (C=O) groups is 1. The van der Waals surface area contributed by atoms with Gasteiger partial charge in [0.2, 0.25) is 5.91 Å². The van der Waals surface area contributed by atoms with Crippen molar-refractivity contribution in [2.75, 3.05) is 11.1 Å². The number of amides is 1. The monoisotopic (exact) mass is 450 g/mol. The lowest BCUT2D eigenvalue weighted by molar-refractivity contribution is -0.113. The van der Waals surface area contributed by atoms with Gasteiger partial charge in [-0.15, -0.1) is 10.2 Å². The summed E-state index contributed by atoms with van der Waals surface area (Å²) in [5, 5.41) is 11.0. The molecular weight excluding hydrogens is 429 g/mol. The number of anilines is 1. The van der Waals surface area contributed by atoms with E-state index in [1.165, 1.54) is 30.3 Å². The van der Waals surface area contributed by atoms with Gasteiger partial charge in [-0.1, -0.05) is 17.8 Å². The van der Waals surface area contributed by atoms with Gasteiger partial charge in [0, 0.05) is 6.04 Å². The first-order valence-electron chi connectivity index (χ1n) is 9.50. The molecule has 0 aliphatic carbocycles. The predicted octanol–water partition coefficient (Wildman–Crippen LogP) is 5.15. The van der Waals surface area contributed by atoms with E-state index in [2.05, 4.69) is 15.5 Å². The van der Waals surface area contributed by atoms with Crippen LogP contribution in [-0.2, 0) is 4.79 Å². The van der Waals surface area contributed by atoms with Crippen molar-refractivity contribution in [1.82, 2.24) is 14.8 Å². The molecule has 0 fully saturated rings. The highest BCUT2D eigenvalue weighted by Gasteiger charge is 2.22. The standard InChI is InChI=1S/C21H21F3N4O2S/c1-12(2)28-20(13(3)30-15-9-7-14(22)8-10-15)26-27-21(28)31-11-18(29)25-19-16(23)5-4-6-17(19)24/h4-10,12-13H,11H2,1-3H3,(H,25,29). The molecule has 1 heterocycles. The zero-order valence-corrected chi connectivity index (χ0v) is 17.9. The Kier molecular flexibility index (Phi) is 7.21. The molecule has 31 heavy (non-hydrogen) atoms. The topological polar surface area (TPSA) is 69.0 Å². The van der Waals surface area contributed by atoms with Gasteiger partial charge in [-0.3, -0.25) is 4.79 Å². The molecule has 10 heteroatoms. The Morgan fingerprint density at radius 2 is 1.71 bits per heavy atom. The molecule has 164 valence electrons. The Labute approximate surface area is 181 Å². The summed E-state index contributed by atoms with van der Waals surface area (Å²) in [7, 11) is 0. The molecular formula is C21H21F3N4O2S. The van der Waals surface area contributed by atoms with Crippen molar-refractivity contribution in [2.24, 2.45) is 0 Å². The van der Waals surface area contributed by atoms with Gasteiger partial charge < -0.3 is 14.6 Å². The average molecular weight is 450 g/mol. The molecule has 0 radical (unpaired) electrons. The molecule has 2 aromatic carbocycles. The number of para-hydroxylation sites is 1. The van der Waals surface area contributed by atoms with Crippen LogP contribution in [0.1, 0.15) is 38.7 Å². The van der Waals surface area contributed by atoms with Crippen molar-refractivity contribution in [3.8, 4) is 5.75 Å². The van der Waals surface area contributed by atoms with Crippen LogP contribution in [0.25, 0.3) is 0 Å². The highest BCUT2D eigenvalue weighted by molar-refractivity contribution is 7.99. The fraction of sp³-hybridized carbons (Fsp3) is 0.286. The molecule has 0 aliphatic rings. The summed E-state index contributed by atoms with van der Waals surface area (Å²) < 4.78 is 48.2. The van der Waals surface area contributed by atoms with E-state index in [0.29, 0.717) is 16.7 Å². The predicted molar refractivity (Wildman–Crippen MR) is 112 cm³/mol. The number of hydrogen-bond donors (Lipinski definition) is 1. The maximum absolute atomic E-state index is 13.7. The number of ether oxygens (including phenoxy) is 1. The molecule has 0 spiro atoms. The number of hydrogen-bond acceptors (Lipinski definition) is 5. The molecule has 1 aromatic heterocycles. The Bertz CT molecular complexity index is 1040. The van der Waals surface area contributed by atoms with E-state index < -0.39 is 29.3 Å². The number of nitrogens with zero attached hydrogens (tertiary/aromatic N) is 3.